The van der Waals surface area contributed by atoms with Crippen LogP contribution >= 0.6 is 0 Å². The normalized spacial score (nSPS) is 18.7. The first-order valence-electron chi connectivity index (χ1n) is 8.44. The van der Waals surface area contributed by atoms with E-state index in [1.807, 2.05) is 12.1 Å². The molecular weight excluding hydrogens is 352 g/mol. The van der Waals surface area contributed by atoms with Crippen LogP contribution in [0.25, 0.3) is 11.6 Å². The maximum Gasteiger partial charge on any atom is 0.266 e. The van der Waals surface area contributed by atoms with Crippen LogP contribution in [-0.2, 0) is 10.0 Å². The van der Waals surface area contributed by atoms with Gasteiger partial charge in [-0.3, -0.25) is 4.98 Å². The van der Waals surface area contributed by atoms with E-state index in [0.29, 0.717) is 35.5 Å². The number of benzene rings is 1. The van der Waals surface area contributed by atoms with E-state index in [1.165, 1.54) is 4.31 Å². The summed E-state index contributed by atoms with van der Waals surface area (Å²) < 4.78 is 33.0. The second kappa shape index (κ2) is 6.97. The van der Waals surface area contributed by atoms with Gasteiger partial charge >= 0.3 is 0 Å². The van der Waals surface area contributed by atoms with Crippen LogP contribution in [0.2, 0.25) is 0 Å². The van der Waals surface area contributed by atoms with Crippen molar-refractivity contribution < 1.29 is 12.8 Å². The van der Waals surface area contributed by atoms with Crippen LogP contribution < -0.4 is 0 Å². The van der Waals surface area contributed by atoms with Gasteiger partial charge in [-0.05, 0) is 37.1 Å². The Kier molecular flexibility index (Phi) is 4.52. The molecular formula is C18H18N4O3S. The fourth-order valence-corrected chi connectivity index (χ4v) is 4.64. The van der Waals surface area contributed by atoms with Crippen LogP contribution in [0.1, 0.15) is 24.7 Å². The van der Waals surface area contributed by atoms with Crippen molar-refractivity contribution in [1.82, 2.24) is 19.5 Å². The van der Waals surface area contributed by atoms with Gasteiger partial charge in [0.25, 0.3) is 5.89 Å². The summed E-state index contributed by atoms with van der Waals surface area (Å²) in [6, 6.07) is 13.9. The smallest absolute Gasteiger partial charge is 0.266 e. The molecule has 0 saturated carbocycles. The fourth-order valence-electron chi connectivity index (χ4n) is 3.10. The summed E-state index contributed by atoms with van der Waals surface area (Å²) in [6.07, 6.45) is 3.22. The summed E-state index contributed by atoms with van der Waals surface area (Å²) in [6.45, 7) is 0.829. The zero-order valence-corrected chi connectivity index (χ0v) is 14.8. The van der Waals surface area contributed by atoms with Gasteiger partial charge in [-0.25, -0.2) is 8.42 Å². The van der Waals surface area contributed by atoms with Crippen LogP contribution in [0.4, 0.5) is 0 Å². The number of hydrogen-bond donors (Lipinski definition) is 0. The van der Waals surface area contributed by atoms with E-state index in [2.05, 4.69) is 15.2 Å². The van der Waals surface area contributed by atoms with Crippen LogP contribution in [0, 0.1) is 0 Å². The number of rotatable bonds is 4. The Morgan fingerprint density at radius 1 is 1.04 bits per heavy atom. The minimum Gasteiger partial charge on any atom is -0.419 e. The minimum absolute atomic E-state index is 0.118. The van der Waals surface area contributed by atoms with Crippen LogP contribution in [0.3, 0.4) is 0 Å². The van der Waals surface area contributed by atoms with Crippen LogP contribution in [-0.4, -0.2) is 41.0 Å². The van der Waals surface area contributed by atoms with Gasteiger partial charge in [-0.1, -0.05) is 24.3 Å². The molecule has 8 heteroatoms. The molecule has 0 bridgehead atoms. The molecule has 1 saturated heterocycles. The molecule has 134 valence electrons. The monoisotopic (exact) mass is 370 g/mol. The Hall–Kier alpha value is -2.58. The van der Waals surface area contributed by atoms with E-state index in [-0.39, 0.29) is 5.92 Å². The predicted molar refractivity (Wildman–Crippen MR) is 94.7 cm³/mol. The molecule has 26 heavy (non-hydrogen) atoms. The van der Waals surface area contributed by atoms with Gasteiger partial charge in [0.2, 0.25) is 15.9 Å². The van der Waals surface area contributed by atoms with Crippen LogP contribution in [0.5, 0.6) is 0 Å². The number of hydrogen-bond acceptors (Lipinski definition) is 6. The van der Waals surface area contributed by atoms with Crippen molar-refractivity contribution in [3.05, 3.63) is 60.6 Å². The van der Waals surface area contributed by atoms with Crippen molar-refractivity contribution in [3.8, 4) is 11.6 Å². The number of pyridine rings is 1. The van der Waals surface area contributed by atoms with Gasteiger partial charge in [0.1, 0.15) is 5.69 Å². The zero-order chi connectivity index (χ0) is 18.0. The Bertz CT molecular complexity index is 974. The van der Waals surface area contributed by atoms with Gasteiger partial charge in [-0.2, -0.15) is 4.31 Å². The van der Waals surface area contributed by atoms with Crippen molar-refractivity contribution >= 4 is 10.0 Å². The molecule has 4 rings (SSSR count). The molecule has 0 amide bonds. The highest BCUT2D eigenvalue weighted by atomic mass is 32.2. The molecule has 1 aliphatic heterocycles. The number of piperidine rings is 1. The lowest BCUT2D eigenvalue weighted by molar-refractivity contribution is 0.286. The van der Waals surface area contributed by atoms with E-state index in [9.17, 15) is 8.42 Å². The lowest BCUT2D eigenvalue weighted by Gasteiger charge is -2.30. The Labute approximate surface area is 151 Å². The molecule has 0 aliphatic carbocycles. The van der Waals surface area contributed by atoms with Gasteiger partial charge in [0, 0.05) is 19.3 Å². The Morgan fingerprint density at radius 3 is 2.62 bits per heavy atom. The third kappa shape index (κ3) is 3.25. The van der Waals surface area contributed by atoms with Gasteiger partial charge in [0.15, 0.2) is 0 Å². The number of aromatic nitrogens is 3. The van der Waals surface area contributed by atoms with E-state index in [1.54, 1.807) is 42.6 Å². The van der Waals surface area contributed by atoms with E-state index >= 15 is 0 Å². The van der Waals surface area contributed by atoms with Crippen molar-refractivity contribution in [2.45, 2.75) is 23.7 Å². The first-order valence-corrected chi connectivity index (χ1v) is 9.88. The molecule has 3 aromatic rings. The SMILES string of the molecule is O=S(=O)(c1ccccc1)N1CCCC(c2nnc(-c3ccccn3)o2)C1. The average Bonchev–Trinajstić information content (AvgIpc) is 3.20. The summed E-state index contributed by atoms with van der Waals surface area (Å²) in [5.41, 5.74) is 0.607. The summed E-state index contributed by atoms with van der Waals surface area (Å²) >= 11 is 0. The molecule has 1 fully saturated rings. The van der Waals surface area contributed by atoms with Crippen LogP contribution in [0.15, 0.2) is 64.0 Å². The first kappa shape index (κ1) is 16.9. The predicted octanol–water partition coefficient (Wildman–Crippen LogP) is 2.70. The standard InChI is InChI=1S/C18H18N4O3S/c23-26(24,15-8-2-1-3-9-15)22-12-6-7-14(13-22)17-20-21-18(25-17)16-10-4-5-11-19-16/h1-5,8-11,14H,6-7,12-13H2. The zero-order valence-electron chi connectivity index (χ0n) is 14.0. The summed E-state index contributed by atoms with van der Waals surface area (Å²) in [7, 11) is -3.52. The topological polar surface area (TPSA) is 89.2 Å². The van der Waals surface area contributed by atoms with Crippen molar-refractivity contribution in [1.29, 1.82) is 0 Å². The fraction of sp³-hybridized carbons (Fsp3) is 0.278. The average molecular weight is 370 g/mol. The van der Waals surface area contributed by atoms with E-state index < -0.39 is 10.0 Å². The number of nitrogens with zero attached hydrogens (tertiary/aromatic N) is 4. The Morgan fingerprint density at radius 2 is 1.85 bits per heavy atom. The highest BCUT2D eigenvalue weighted by Gasteiger charge is 2.33. The third-order valence-corrected chi connectivity index (χ3v) is 6.32. The largest absolute Gasteiger partial charge is 0.419 e. The minimum atomic E-state index is -3.52. The third-order valence-electron chi connectivity index (χ3n) is 4.44. The maximum absolute atomic E-state index is 12.8. The van der Waals surface area contributed by atoms with E-state index in [0.717, 1.165) is 12.8 Å². The summed E-state index contributed by atoms with van der Waals surface area (Å²) in [4.78, 5) is 4.50. The number of sulfonamides is 1. The quantitative estimate of drug-likeness (QED) is 0.701. The van der Waals surface area contributed by atoms with Gasteiger partial charge < -0.3 is 4.42 Å². The molecule has 1 atom stereocenters. The highest BCUT2D eigenvalue weighted by molar-refractivity contribution is 7.89. The molecule has 0 N–H and O–H groups in total. The van der Waals surface area contributed by atoms with E-state index in [4.69, 9.17) is 4.42 Å². The molecule has 7 nitrogen and oxygen atoms in total. The maximum atomic E-state index is 12.8. The van der Waals surface area contributed by atoms with Crippen molar-refractivity contribution in [2.24, 2.45) is 0 Å². The second-order valence-corrected chi connectivity index (χ2v) is 8.11. The second-order valence-electron chi connectivity index (χ2n) is 6.18. The summed E-state index contributed by atoms with van der Waals surface area (Å²) in [5.74, 6) is 0.689. The molecule has 1 aliphatic rings. The Balaban J connectivity index is 1.55. The van der Waals surface area contributed by atoms with Crippen molar-refractivity contribution in [2.75, 3.05) is 13.1 Å². The molecule has 0 radical (unpaired) electrons. The van der Waals surface area contributed by atoms with Gasteiger partial charge in [0.05, 0.1) is 10.8 Å². The molecule has 3 heterocycles. The lowest BCUT2D eigenvalue weighted by Crippen LogP contribution is -2.39. The molecule has 0 spiro atoms. The molecule has 2 aromatic heterocycles. The summed E-state index contributed by atoms with van der Waals surface area (Å²) in [5, 5.41) is 8.19. The molecule has 1 unspecified atom stereocenters. The van der Waals surface area contributed by atoms with Crippen molar-refractivity contribution in [3.63, 3.8) is 0 Å². The molecule has 1 aromatic carbocycles. The highest BCUT2D eigenvalue weighted by Crippen LogP contribution is 2.30. The lowest BCUT2D eigenvalue weighted by atomic mass is 10.00. The van der Waals surface area contributed by atoms with Gasteiger partial charge in [-0.15, -0.1) is 10.2 Å². The first-order chi connectivity index (χ1) is 12.6.